The third-order valence-corrected chi connectivity index (χ3v) is 21.0. The molecule has 8 atom stereocenters. The largest absolute Gasteiger partial charge is 0.481 e. The van der Waals surface area contributed by atoms with E-state index in [9.17, 15) is 92.2 Å². The van der Waals surface area contributed by atoms with E-state index in [1.54, 1.807) is 51.1 Å². The molecule has 13 amide bonds. The number of aliphatic carboxylic acids is 3. The van der Waals surface area contributed by atoms with E-state index in [1.165, 1.54) is 11.8 Å². The number of carbonyl (C=O) groups is 16. The average molecular weight is 1680 g/mol. The van der Waals surface area contributed by atoms with Crippen LogP contribution in [0.15, 0.2) is 45.6 Å². The first kappa shape index (κ1) is 101. The molecule has 115 heavy (non-hydrogen) atoms. The maximum atomic E-state index is 13.6. The number of carboxylic acids is 3. The number of amides is 13. The molecule has 45 heteroatoms. The lowest BCUT2D eigenvalue weighted by Crippen LogP contribution is -2.59. The Hall–Kier alpha value is -10.1. The summed E-state index contributed by atoms with van der Waals surface area (Å²) in [5.74, 6) is -12.2. The number of likely N-dealkylation sites (N-methyl/N-ethyl adjacent to an activating group) is 1. The Kier molecular flexibility index (Phi) is 47.9. The van der Waals surface area contributed by atoms with Crippen LogP contribution in [0, 0.1) is 0 Å². The van der Waals surface area contributed by atoms with Crippen molar-refractivity contribution in [3.8, 4) is 0 Å². The maximum absolute atomic E-state index is 13.6. The van der Waals surface area contributed by atoms with Crippen LogP contribution >= 0.6 is 33.3 Å². The first-order valence-corrected chi connectivity index (χ1v) is 40.9. The average Bonchev–Trinajstić information content (AvgIpc) is 1.72. The Labute approximate surface area is 678 Å². The van der Waals surface area contributed by atoms with E-state index >= 15 is 0 Å². The molecule has 2 aliphatic rings. The topological polar surface area (TPSA) is 647 Å². The summed E-state index contributed by atoms with van der Waals surface area (Å²) in [5.41, 5.74) is 11.4. The van der Waals surface area contributed by atoms with Crippen LogP contribution in [-0.4, -0.2) is 297 Å². The second kappa shape index (κ2) is 54.6. The molecule has 2 saturated heterocycles. The fourth-order valence-electron chi connectivity index (χ4n) is 10.5. The molecule has 1 aromatic carbocycles. The molecule has 42 nitrogen and oxygen atoms in total. The SMILES string of the molecule is CC(=O)N[C@@H](CC(=O)O)C(=O)N[C@H]1CSSC[C@@H](C(=O)NCC(=O)NCC(=O)O)NC(=O)[C@H](Cc2ccccc2)NC1=O.CCNC(=O)[C@H](CCCN=C(N)N)NC(=O)[C@@H]1CCSCCC(=O)N[C@@H](CCCCNC(=O)CCC(=O)NCCN(CCNC(C)(C)/C(C)=N\O)CCNC(C)(C)/C(C)=N\O)C(=O)N[C@@H](CC(=O)O)C(=O)N1. The molecule has 644 valence electrons. The molecule has 3 rings (SSSR count). The van der Waals surface area contributed by atoms with Gasteiger partial charge in [0.1, 0.15) is 54.9 Å². The summed E-state index contributed by atoms with van der Waals surface area (Å²) in [6.45, 7) is 16.5. The zero-order chi connectivity index (χ0) is 86.2. The van der Waals surface area contributed by atoms with E-state index in [0.29, 0.717) is 87.0 Å². The van der Waals surface area contributed by atoms with Gasteiger partial charge < -0.3 is 117 Å². The number of carbonyl (C=O) groups excluding carboxylic acids is 13. The van der Waals surface area contributed by atoms with E-state index < -0.39 is 168 Å². The van der Waals surface area contributed by atoms with Crippen LogP contribution in [0.2, 0.25) is 0 Å². The second-order valence-corrected chi connectivity index (χ2v) is 31.4. The Morgan fingerprint density at radius 3 is 1.76 bits per heavy atom. The van der Waals surface area contributed by atoms with Gasteiger partial charge in [-0.05, 0) is 98.3 Å². The second-order valence-electron chi connectivity index (χ2n) is 27.6. The predicted octanol–water partition coefficient (Wildman–Crippen LogP) is -4.59. The number of benzene rings is 1. The Bertz CT molecular complexity index is 3470. The number of nitrogens with one attached hydrogen (secondary N) is 15. The first-order chi connectivity index (χ1) is 54.3. The lowest BCUT2D eigenvalue weighted by molar-refractivity contribution is -0.142. The van der Waals surface area contributed by atoms with Crippen molar-refractivity contribution in [2.45, 2.75) is 192 Å². The third-order valence-electron chi connectivity index (χ3n) is 17.6. The molecular weight excluding hydrogens is 1570 g/mol. The van der Waals surface area contributed by atoms with Gasteiger partial charge in [-0.15, -0.1) is 0 Å². The predicted molar refractivity (Wildman–Crippen MR) is 429 cm³/mol. The summed E-state index contributed by atoms with van der Waals surface area (Å²) in [6, 6.07) is -1.44. The van der Waals surface area contributed by atoms with Gasteiger partial charge in [0.15, 0.2) is 5.96 Å². The van der Waals surface area contributed by atoms with Crippen LogP contribution in [0.25, 0.3) is 0 Å². The van der Waals surface area contributed by atoms with Crippen molar-refractivity contribution < 1.29 is 102 Å². The van der Waals surface area contributed by atoms with Crippen LogP contribution in [0.1, 0.15) is 132 Å². The van der Waals surface area contributed by atoms with Crippen LogP contribution in [0.5, 0.6) is 0 Å². The zero-order valence-electron chi connectivity index (χ0n) is 66.0. The summed E-state index contributed by atoms with van der Waals surface area (Å²) < 4.78 is 0. The highest BCUT2D eigenvalue weighted by Crippen LogP contribution is 2.24. The minimum absolute atomic E-state index is 0.0127. The molecule has 2 aliphatic heterocycles. The minimum atomic E-state index is -1.63. The van der Waals surface area contributed by atoms with Gasteiger partial charge in [-0.1, -0.05) is 62.2 Å². The van der Waals surface area contributed by atoms with Crippen molar-refractivity contribution in [3.05, 3.63) is 35.9 Å². The van der Waals surface area contributed by atoms with E-state index in [0.717, 1.165) is 28.5 Å². The Balaban J connectivity index is 0.000000884. The van der Waals surface area contributed by atoms with Crippen LogP contribution in [0.4, 0.5) is 0 Å². The highest BCUT2D eigenvalue weighted by molar-refractivity contribution is 8.76. The first-order valence-electron chi connectivity index (χ1n) is 37.2. The van der Waals surface area contributed by atoms with Gasteiger partial charge in [0, 0.05) is 109 Å². The smallest absolute Gasteiger partial charge is 0.322 e. The van der Waals surface area contributed by atoms with Gasteiger partial charge in [0.05, 0.1) is 41.9 Å². The van der Waals surface area contributed by atoms with Gasteiger partial charge in [0.25, 0.3) is 0 Å². The van der Waals surface area contributed by atoms with Crippen molar-refractivity contribution in [2.24, 2.45) is 26.8 Å². The summed E-state index contributed by atoms with van der Waals surface area (Å²) >= 11 is 1.32. The maximum Gasteiger partial charge on any atom is 0.322 e. The zero-order valence-corrected chi connectivity index (χ0v) is 68.5. The number of thioether (sulfide) groups is 1. The molecular formula is C70H115N21O21S3. The van der Waals surface area contributed by atoms with Crippen LogP contribution in [-0.2, 0) is 83.1 Å². The van der Waals surface area contributed by atoms with E-state index in [2.05, 4.69) is 100.0 Å². The number of aliphatic imine (C=N–C) groups is 1. The van der Waals surface area contributed by atoms with Gasteiger partial charge in [0.2, 0.25) is 76.8 Å². The van der Waals surface area contributed by atoms with Gasteiger partial charge >= 0.3 is 17.9 Å². The molecule has 0 unspecified atom stereocenters. The minimum Gasteiger partial charge on any atom is -0.481 e. The fourth-order valence-corrected chi connectivity index (χ4v) is 13.8. The van der Waals surface area contributed by atoms with Crippen molar-refractivity contribution in [3.63, 3.8) is 0 Å². The number of oxime groups is 2. The molecule has 24 N–H and O–H groups in total. The number of hydrogen-bond donors (Lipinski definition) is 22. The molecule has 0 bridgehead atoms. The fraction of sp³-hybridized carbons (Fsp3) is 0.643. The summed E-state index contributed by atoms with van der Waals surface area (Å²) in [6.07, 6.45) is -0.332. The molecule has 0 spiro atoms. The Morgan fingerprint density at radius 1 is 0.591 bits per heavy atom. The van der Waals surface area contributed by atoms with Gasteiger partial charge in [-0.25, -0.2) is 0 Å². The molecule has 2 heterocycles. The van der Waals surface area contributed by atoms with Gasteiger partial charge in [-0.3, -0.25) is 86.6 Å². The molecule has 2 fully saturated rings. The van der Waals surface area contributed by atoms with E-state index in [4.69, 9.17) is 21.7 Å². The Morgan fingerprint density at radius 2 is 1.17 bits per heavy atom. The third kappa shape index (κ3) is 43.3. The highest BCUT2D eigenvalue weighted by Gasteiger charge is 2.36. The van der Waals surface area contributed by atoms with E-state index in [-0.39, 0.29) is 93.9 Å². The molecule has 0 aromatic heterocycles. The van der Waals surface area contributed by atoms with Gasteiger partial charge in [-0.2, -0.15) is 11.8 Å². The lowest BCUT2D eigenvalue weighted by atomic mass is 9.99. The van der Waals surface area contributed by atoms with Crippen molar-refractivity contribution in [1.82, 2.24) is 84.7 Å². The quantitative estimate of drug-likeness (QED) is 0.00731. The lowest BCUT2D eigenvalue weighted by Gasteiger charge is -2.30. The summed E-state index contributed by atoms with van der Waals surface area (Å²) in [5, 5.41) is 92.1. The van der Waals surface area contributed by atoms with Crippen LogP contribution in [0.3, 0.4) is 0 Å². The summed E-state index contributed by atoms with van der Waals surface area (Å²) in [7, 11) is 2.16. The van der Waals surface area contributed by atoms with Crippen molar-refractivity contribution >= 4 is 145 Å². The number of hydrogen-bond acceptors (Lipinski definition) is 27. The molecule has 0 aliphatic carbocycles. The monoisotopic (exact) mass is 1680 g/mol. The number of unbranched alkanes of at least 4 members (excludes halogenated alkanes) is 1. The number of nitrogens with two attached hydrogens (primary N) is 2. The summed E-state index contributed by atoms with van der Waals surface area (Å²) in [4.78, 5) is 207. The standard InChI is InChI=1S/C45H83N15O11S.C25H32N6O10S2/c1-8-48-39(66)31(13-11-19-51-43(46)47)55-41(68)33-16-26-72-27-17-37(63)54-32(40(67)57-34(28-38(64)65)42(69)56-33)12-9-10-18-49-35(61)14-15-36(62)50-20-23-60(24-21-52-44(4,5)29(2)58-70)25-22-53-45(6,7)30(3)59-71;1-13(32)28-16(8-20(34)35)24(40)31-18-12-43-42-11-17(22(38)27-9-19(33)26-10-21(36)37)30-23(39)15(29-25(18)41)7-14-5-3-2-4-6-14/h31-34,52-53,70-71H,8-28H2,1-7H3,(H,48,66)(H,49,61)(H,50,62)(H,54,63)(H,55,68)(H,56,69)(H,57,67)(H,64,65)(H4,46,47,51);2-6,15-18H,7-12H2,1H3,(H,26,33)(H,27,38)(H,28,32)(H,29,41)(H,30,39)(H,31,40)(H,34,35)(H,36,37)/b58-29-,59-30-;/t31-,32-,33-,34-;15-,16-,17-,18-/m00/s1. The number of carboxylic acid groups (broad SMARTS) is 3. The van der Waals surface area contributed by atoms with Crippen LogP contribution < -0.4 is 91.2 Å². The van der Waals surface area contributed by atoms with E-state index in [1.807, 2.05) is 27.7 Å². The highest BCUT2D eigenvalue weighted by atomic mass is 33.1. The number of guanidine groups is 1. The van der Waals surface area contributed by atoms with Crippen molar-refractivity contribution in [2.75, 3.05) is 95.0 Å². The molecule has 0 saturated carbocycles. The number of nitrogens with zero attached hydrogens (tertiary/aromatic N) is 4. The molecule has 1 aromatic rings. The number of rotatable bonds is 43. The molecule has 0 radical (unpaired) electrons. The normalized spacial score (nSPS) is 18.7. The van der Waals surface area contributed by atoms with Crippen molar-refractivity contribution in [1.29, 1.82) is 0 Å².